The third-order valence-corrected chi connectivity index (χ3v) is 1.69. The summed E-state index contributed by atoms with van der Waals surface area (Å²) in [5, 5.41) is 6.53. The van der Waals surface area contributed by atoms with E-state index in [4.69, 9.17) is 0 Å². The van der Waals surface area contributed by atoms with Gasteiger partial charge in [-0.25, -0.2) is 0 Å². The zero-order valence-electron chi connectivity index (χ0n) is 7.55. The van der Waals surface area contributed by atoms with Crippen LogP contribution < -0.4 is 0 Å². The number of hydrogen-bond donors (Lipinski definition) is 1. The van der Waals surface area contributed by atoms with Crippen LogP contribution in [0.3, 0.4) is 0 Å². The lowest BCUT2D eigenvalue weighted by Crippen LogP contribution is -1.81. The number of carbonyl (C=O) groups is 1. The molecule has 72 valence electrons. The van der Waals surface area contributed by atoms with E-state index in [1.54, 1.807) is 12.1 Å². The molecule has 3 nitrogen and oxygen atoms in total. The van der Waals surface area contributed by atoms with Crippen molar-refractivity contribution in [3.8, 4) is 0 Å². The molecule has 0 N–H and O–H groups in total. The van der Waals surface area contributed by atoms with Crippen molar-refractivity contribution in [1.29, 1.82) is 0 Å². The first-order valence-electron chi connectivity index (χ1n) is 4.07. The van der Waals surface area contributed by atoms with Crippen LogP contribution >= 0.6 is 12.6 Å². The number of nitrogens with zero attached hydrogens (tertiary/aromatic N) is 2. The fourth-order valence-electron chi connectivity index (χ4n) is 1.03. The predicted molar refractivity (Wildman–Crippen MR) is 59.2 cm³/mol. The van der Waals surface area contributed by atoms with Crippen molar-refractivity contribution in [1.82, 2.24) is 0 Å². The van der Waals surface area contributed by atoms with Crippen molar-refractivity contribution < 1.29 is 4.79 Å². The van der Waals surface area contributed by atoms with Gasteiger partial charge in [0, 0.05) is 0 Å². The summed E-state index contributed by atoms with van der Waals surface area (Å²) < 4.78 is 0. The maximum atomic E-state index is 10.5. The monoisotopic (exact) mass is 206 g/mol. The molecule has 0 saturated heterocycles. The Bertz CT molecular complexity index is 374. The molecule has 1 aromatic carbocycles. The maximum Gasteiger partial charge on any atom is 0.320 e. The first kappa shape index (κ1) is 10.7. The Labute approximate surface area is 88.0 Å². The number of benzene rings is 1. The number of carbonyl (C=O) groups excluding carboxylic acids is 1. The van der Waals surface area contributed by atoms with Crippen molar-refractivity contribution in [3.05, 3.63) is 42.5 Å². The Balaban J connectivity index is 2.94. The van der Waals surface area contributed by atoms with Crippen molar-refractivity contribution in [2.75, 3.05) is 0 Å². The lowest BCUT2D eigenvalue weighted by atomic mass is 10.1. The van der Waals surface area contributed by atoms with Gasteiger partial charge >= 0.3 is 5.24 Å². The van der Waals surface area contributed by atoms with Crippen LogP contribution in [0, 0.1) is 0 Å². The van der Waals surface area contributed by atoms with Crippen molar-refractivity contribution in [2.24, 2.45) is 10.2 Å². The SMILES string of the molecule is C=CCc1ccccc1N=NC(=O)S. The van der Waals surface area contributed by atoms with Crippen molar-refractivity contribution in [2.45, 2.75) is 6.42 Å². The molecular weight excluding hydrogens is 196 g/mol. The zero-order chi connectivity index (χ0) is 10.4. The lowest BCUT2D eigenvalue weighted by molar-refractivity contribution is 0.267. The summed E-state index contributed by atoms with van der Waals surface area (Å²) in [4.78, 5) is 10.5. The second kappa shape index (κ2) is 5.34. The summed E-state index contributed by atoms with van der Waals surface area (Å²) >= 11 is 3.50. The van der Waals surface area contributed by atoms with Crippen LogP contribution in [0.15, 0.2) is 47.1 Å². The van der Waals surface area contributed by atoms with E-state index in [0.29, 0.717) is 12.1 Å². The number of azo groups is 1. The zero-order valence-corrected chi connectivity index (χ0v) is 8.45. The largest absolute Gasteiger partial charge is 0.320 e. The van der Waals surface area contributed by atoms with E-state index >= 15 is 0 Å². The predicted octanol–water partition coefficient (Wildman–Crippen LogP) is 3.55. The molecule has 0 spiro atoms. The third-order valence-electron chi connectivity index (χ3n) is 1.60. The normalized spacial score (nSPS) is 10.4. The van der Waals surface area contributed by atoms with Gasteiger partial charge in [0.1, 0.15) is 0 Å². The molecule has 0 bridgehead atoms. The van der Waals surface area contributed by atoms with Crippen LogP contribution in [0.5, 0.6) is 0 Å². The number of allylic oxidation sites excluding steroid dienone is 1. The summed E-state index contributed by atoms with van der Waals surface area (Å²) in [6, 6.07) is 7.45. The standard InChI is InChI=1S/C10H10N2OS/c1-2-5-8-6-3-4-7-9(8)11-12-10(13)14/h2-4,6-7H,1,5H2,(H,13,14). The molecule has 0 aliphatic carbocycles. The number of thiol groups is 1. The number of amides is 1. The number of rotatable bonds is 3. The van der Waals surface area contributed by atoms with E-state index < -0.39 is 5.24 Å². The van der Waals surface area contributed by atoms with E-state index in [9.17, 15) is 4.79 Å². The molecule has 0 unspecified atom stereocenters. The van der Waals surface area contributed by atoms with Crippen molar-refractivity contribution in [3.63, 3.8) is 0 Å². The summed E-state index contributed by atoms with van der Waals surface area (Å²) in [5.74, 6) is 0. The molecule has 0 aliphatic rings. The highest BCUT2D eigenvalue weighted by Crippen LogP contribution is 2.19. The van der Waals surface area contributed by atoms with Gasteiger partial charge in [-0.05, 0) is 18.1 Å². The Morgan fingerprint density at radius 3 is 2.86 bits per heavy atom. The Kier molecular flexibility index (Phi) is 4.07. The van der Waals surface area contributed by atoms with Crippen LogP contribution in [-0.4, -0.2) is 5.24 Å². The van der Waals surface area contributed by atoms with Gasteiger partial charge < -0.3 is 0 Å². The van der Waals surface area contributed by atoms with Gasteiger partial charge in [0.05, 0.1) is 5.69 Å². The molecule has 0 heterocycles. The highest BCUT2D eigenvalue weighted by Gasteiger charge is 1.98. The van der Waals surface area contributed by atoms with E-state index in [0.717, 1.165) is 5.56 Å². The van der Waals surface area contributed by atoms with Crippen LogP contribution in [-0.2, 0) is 6.42 Å². The van der Waals surface area contributed by atoms with Crippen LogP contribution in [0.4, 0.5) is 10.5 Å². The van der Waals surface area contributed by atoms with Gasteiger partial charge in [-0.3, -0.25) is 4.79 Å². The molecule has 14 heavy (non-hydrogen) atoms. The topological polar surface area (TPSA) is 41.8 Å². The quantitative estimate of drug-likeness (QED) is 0.458. The molecule has 4 heteroatoms. The van der Waals surface area contributed by atoms with Gasteiger partial charge in [-0.15, -0.1) is 16.8 Å². The maximum absolute atomic E-state index is 10.5. The highest BCUT2D eigenvalue weighted by molar-refractivity contribution is 7.96. The molecule has 0 atom stereocenters. The van der Waals surface area contributed by atoms with E-state index in [-0.39, 0.29) is 0 Å². The Hall–Kier alpha value is -1.42. The Morgan fingerprint density at radius 1 is 1.50 bits per heavy atom. The third kappa shape index (κ3) is 3.14. The highest BCUT2D eigenvalue weighted by atomic mass is 32.1. The lowest BCUT2D eigenvalue weighted by Gasteiger charge is -1.99. The smallest absolute Gasteiger partial charge is 0.258 e. The minimum Gasteiger partial charge on any atom is -0.258 e. The molecule has 1 aromatic rings. The van der Waals surface area contributed by atoms with E-state index in [1.807, 2.05) is 18.2 Å². The van der Waals surface area contributed by atoms with E-state index in [1.165, 1.54) is 0 Å². The van der Waals surface area contributed by atoms with Gasteiger partial charge in [-0.1, -0.05) is 36.9 Å². The van der Waals surface area contributed by atoms with Gasteiger partial charge in [0.25, 0.3) is 0 Å². The first-order valence-corrected chi connectivity index (χ1v) is 4.52. The van der Waals surface area contributed by atoms with Crippen LogP contribution in [0.1, 0.15) is 5.56 Å². The first-order chi connectivity index (χ1) is 6.74. The summed E-state index contributed by atoms with van der Waals surface area (Å²) in [5.41, 5.74) is 1.66. The molecule has 1 rings (SSSR count). The van der Waals surface area contributed by atoms with E-state index in [2.05, 4.69) is 29.4 Å². The second-order valence-electron chi connectivity index (χ2n) is 2.60. The van der Waals surface area contributed by atoms with Crippen molar-refractivity contribution >= 4 is 23.6 Å². The summed E-state index contributed by atoms with van der Waals surface area (Å²) in [6.07, 6.45) is 2.48. The average molecular weight is 206 g/mol. The Morgan fingerprint density at radius 2 is 2.21 bits per heavy atom. The molecule has 0 aromatic heterocycles. The van der Waals surface area contributed by atoms with Crippen LogP contribution in [0.2, 0.25) is 0 Å². The minimum absolute atomic E-state index is 0.599. The molecule has 0 radical (unpaired) electrons. The summed E-state index contributed by atoms with van der Waals surface area (Å²) in [6.45, 7) is 3.64. The number of hydrogen-bond acceptors (Lipinski definition) is 2. The fourth-order valence-corrected chi connectivity index (χ4v) is 1.08. The molecule has 0 saturated carbocycles. The average Bonchev–Trinajstić information content (AvgIpc) is 2.17. The minimum atomic E-state index is -0.599. The molecule has 0 fully saturated rings. The molecule has 1 amide bonds. The van der Waals surface area contributed by atoms with Gasteiger partial charge in [0.15, 0.2) is 0 Å². The van der Waals surface area contributed by atoms with Crippen LogP contribution in [0.25, 0.3) is 0 Å². The second-order valence-corrected chi connectivity index (χ2v) is 2.99. The fraction of sp³-hybridized carbons (Fsp3) is 0.100. The summed E-state index contributed by atoms with van der Waals surface area (Å²) in [7, 11) is 0. The van der Waals surface area contributed by atoms with Gasteiger partial charge in [0.2, 0.25) is 0 Å². The molecular formula is C10H10N2OS. The molecule has 0 aliphatic heterocycles. The van der Waals surface area contributed by atoms with Gasteiger partial charge in [-0.2, -0.15) is 0 Å².